The number of carbonyl (C=O) groups excluding carboxylic acids is 2. The van der Waals surface area contributed by atoms with E-state index in [1.165, 1.54) is 4.90 Å². The molecule has 4 nitrogen and oxygen atoms in total. The van der Waals surface area contributed by atoms with Gasteiger partial charge < -0.3 is 5.73 Å². The monoisotopic (exact) mass is 280 g/mol. The predicted octanol–water partition coefficient (Wildman–Crippen LogP) is 2.25. The maximum absolute atomic E-state index is 12.4. The van der Waals surface area contributed by atoms with Crippen LogP contribution in [0.25, 0.3) is 0 Å². The highest BCUT2D eigenvalue weighted by atomic mass is 16.2. The molecule has 0 unspecified atom stereocenters. The van der Waals surface area contributed by atoms with Gasteiger partial charge in [0.25, 0.3) is 11.8 Å². The van der Waals surface area contributed by atoms with E-state index in [2.05, 4.69) is 0 Å². The Kier molecular flexibility index (Phi) is 3.31. The fourth-order valence-electron chi connectivity index (χ4n) is 2.59. The molecule has 2 aromatic rings. The van der Waals surface area contributed by atoms with Gasteiger partial charge in [-0.05, 0) is 30.2 Å². The SMILES string of the molecule is Cc1ccc2c(c1)C(=O)N(Cc1cccc(CN)c1)C2=O. The minimum Gasteiger partial charge on any atom is -0.326 e. The molecule has 0 fully saturated rings. The maximum atomic E-state index is 12.4. The van der Waals surface area contributed by atoms with Gasteiger partial charge in [-0.15, -0.1) is 0 Å². The fraction of sp³-hybridized carbons (Fsp3) is 0.176. The summed E-state index contributed by atoms with van der Waals surface area (Å²) in [5.41, 5.74) is 9.47. The Morgan fingerprint density at radius 2 is 1.67 bits per heavy atom. The number of hydrogen-bond acceptors (Lipinski definition) is 3. The van der Waals surface area contributed by atoms with Crippen molar-refractivity contribution in [1.29, 1.82) is 0 Å². The van der Waals surface area contributed by atoms with Crippen LogP contribution in [0.5, 0.6) is 0 Å². The molecule has 2 N–H and O–H groups in total. The molecular weight excluding hydrogens is 264 g/mol. The Labute approximate surface area is 123 Å². The summed E-state index contributed by atoms with van der Waals surface area (Å²) in [6.07, 6.45) is 0. The molecule has 0 bridgehead atoms. The summed E-state index contributed by atoms with van der Waals surface area (Å²) in [4.78, 5) is 26.0. The summed E-state index contributed by atoms with van der Waals surface area (Å²) in [6.45, 7) is 2.62. The van der Waals surface area contributed by atoms with E-state index in [0.717, 1.165) is 16.7 Å². The number of nitrogens with zero attached hydrogens (tertiary/aromatic N) is 1. The minimum absolute atomic E-state index is 0.225. The summed E-state index contributed by atoms with van der Waals surface area (Å²) in [5, 5.41) is 0. The lowest BCUT2D eigenvalue weighted by atomic mass is 10.1. The molecule has 21 heavy (non-hydrogen) atoms. The first-order valence-electron chi connectivity index (χ1n) is 6.85. The van der Waals surface area contributed by atoms with Crippen LogP contribution in [0.1, 0.15) is 37.4 Å². The topological polar surface area (TPSA) is 63.4 Å². The first-order chi connectivity index (χ1) is 10.1. The van der Waals surface area contributed by atoms with Gasteiger partial charge in [-0.1, -0.05) is 35.9 Å². The summed E-state index contributed by atoms with van der Waals surface area (Å²) < 4.78 is 0. The lowest BCUT2D eigenvalue weighted by molar-refractivity contribution is 0.0642. The van der Waals surface area contributed by atoms with Crippen LogP contribution in [0.15, 0.2) is 42.5 Å². The number of imide groups is 1. The quantitative estimate of drug-likeness (QED) is 0.877. The van der Waals surface area contributed by atoms with Gasteiger partial charge in [0.05, 0.1) is 17.7 Å². The predicted molar refractivity (Wildman–Crippen MR) is 79.7 cm³/mol. The van der Waals surface area contributed by atoms with Crippen LogP contribution in [0.3, 0.4) is 0 Å². The van der Waals surface area contributed by atoms with E-state index in [0.29, 0.717) is 17.7 Å². The number of nitrogens with two attached hydrogens (primary N) is 1. The number of hydrogen-bond donors (Lipinski definition) is 1. The lowest BCUT2D eigenvalue weighted by Gasteiger charge is -2.14. The van der Waals surface area contributed by atoms with Crippen molar-refractivity contribution in [2.75, 3.05) is 0 Å². The molecule has 1 heterocycles. The zero-order valence-electron chi connectivity index (χ0n) is 11.8. The molecule has 4 heteroatoms. The van der Waals surface area contributed by atoms with E-state index in [9.17, 15) is 9.59 Å². The molecule has 0 saturated carbocycles. The van der Waals surface area contributed by atoms with Crippen LogP contribution in [0, 0.1) is 6.92 Å². The third-order valence-corrected chi connectivity index (χ3v) is 3.69. The minimum atomic E-state index is -0.229. The molecule has 3 rings (SSSR count). The van der Waals surface area contributed by atoms with Crippen molar-refractivity contribution in [2.24, 2.45) is 5.73 Å². The highest BCUT2D eigenvalue weighted by Gasteiger charge is 2.35. The summed E-state index contributed by atoms with van der Waals surface area (Å²) in [5.74, 6) is -0.454. The van der Waals surface area contributed by atoms with Crippen molar-refractivity contribution in [3.8, 4) is 0 Å². The molecule has 2 aromatic carbocycles. The molecule has 0 radical (unpaired) electrons. The number of carbonyl (C=O) groups is 2. The van der Waals surface area contributed by atoms with E-state index < -0.39 is 0 Å². The van der Waals surface area contributed by atoms with Crippen LogP contribution in [0.2, 0.25) is 0 Å². The van der Waals surface area contributed by atoms with E-state index in [1.807, 2.05) is 37.3 Å². The molecule has 1 aliphatic heterocycles. The summed E-state index contributed by atoms with van der Waals surface area (Å²) >= 11 is 0. The summed E-state index contributed by atoms with van der Waals surface area (Å²) in [7, 11) is 0. The second kappa shape index (κ2) is 5.14. The van der Waals surface area contributed by atoms with Crippen molar-refractivity contribution >= 4 is 11.8 Å². The zero-order valence-corrected chi connectivity index (χ0v) is 11.8. The number of amides is 2. The number of fused-ring (bicyclic) bond motifs is 1. The molecule has 0 spiro atoms. The molecular formula is C17H16N2O2. The zero-order chi connectivity index (χ0) is 15.0. The van der Waals surface area contributed by atoms with E-state index >= 15 is 0 Å². The Hall–Kier alpha value is -2.46. The number of benzene rings is 2. The largest absolute Gasteiger partial charge is 0.326 e. The van der Waals surface area contributed by atoms with Gasteiger partial charge in [0.15, 0.2) is 0 Å². The number of rotatable bonds is 3. The Bertz CT molecular complexity index is 737. The molecule has 106 valence electrons. The van der Waals surface area contributed by atoms with Gasteiger partial charge in [0, 0.05) is 6.54 Å². The van der Waals surface area contributed by atoms with E-state index in [4.69, 9.17) is 5.73 Å². The number of aryl methyl sites for hydroxylation is 1. The van der Waals surface area contributed by atoms with Crippen molar-refractivity contribution in [2.45, 2.75) is 20.0 Å². The third kappa shape index (κ3) is 2.34. The average Bonchev–Trinajstić information content (AvgIpc) is 2.72. The van der Waals surface area contributed by atoms with E-state index in [-0.39, 0.29) is 18.4 Å². The smallest absolute Gasteiger partial charge is 0.261 e. The fourth-order valence-corrected chi connectivity index (χ4v) is 2.59. The van der Waals surface area contributed by atoms with Gasteiger partial charge in [0.2, 0.25) is 0 Å². The molecule has 0 atom stereocenters. The van der Waals surface area contributed by atoms with E-state index in [1.54, 1.807) is 12.1 Å². The van der Waals surface area contributed by atoms with Gasteiger partial charge in [-0.3, -0.25) is 14.5 Å². The molecule has 1 aliphatic rings. The van der Waals surface area contributed by atoms with Gasteiger partial charge in [0.1, 0.15) is 0 Å². The van der Waals surface area contributed by atoms with Gasteiger partial charge in [-0.25, -0.2) is 0 Å². The van der Waals surface area contributed by atoms with Crippen molar-refractivity contribution in [3.05, 3.63) is 70.3 Å². The molecule has 0 aliphatic carbocycles. The van der Waals surface area contributed by atoms with Crippen LogP contribution in [-0.2, 0) is 13.1 Å². The normalized spacial score (nSPS) is 13.7. The summed E-state index contributed by atoms with van der Waals surface area (Å²) in [6, 6.07) is 13.0. The van der Waals surface area contributed by atoms with Crippen LogP contribution < -0.4 is 5.73 Å². The molecule has 2 amide bonds. The maximum Gasteiger partial charge on any atom is 0.261 e. The third-order valence-electron chi connectivity index (χ3n) is 3.69. The Balaban J connectivity index is 1.91. The average molecular weight is 280 g/mol. The van der Waals surface area contributed by atoms with Crippen LogP contribution in [-0.4, -0.2) is 16.7 Å². The second-order valence-corrected chi connectivity index (χ2v) is 5.27. The Morgan fingerprint density at radius 1 is 0.952 bits per heavy atom. The highest BCUT2D eigenvalue weighted by molar-refractivity contribution is 6.21. The first-order valence-corrected chi connectivity index (χ1v) is 6.85. The van der Waals surface area contributed by atoms with Crippen LogP contribution in [0.4, 0.5) is 0 Å². The highest BCUT2D eigenvalue weighted by Crippen LogP contribution is 2.25. The second-order valence-electron chi connectivity index (χ2n) is 5.27. The molecule has 0 saturated heterocycles. The molecule has 0 aromatic heterocycles. The van der Waals surface area contributed by atoms with Gasteiger partial charge in [-0.2, -0.15) is 0 Å². The first kappa shape index (κ1) is 13.5. The standard InChI is InChI=1S/C17H16N2O2/c1-11-5-6-14-15(7-11)17(21)19(16(14)20)10-13-4-2-3-12(8-13)9-18/h2-8H,9-10,18H2,1H3. The van der Waals surface area contributed by atoms with Crippen molar-refractivity contribution in [1.82, 2.24) is 4.90 Å². The lowest BCUT2D eigenvalue weighted by Crippen LogP contribution is -2.29. The van der Waals surface area contributed by atoms with Gasteiger partial charge >= 0.3 is 0 Å². The van der Waals surface area contributed by atoms with Crippen LogP contribution >= 0.6 is 0 Å². The van der Waals surface area contributed by atoms with Crippen molar-refractivity contribution < 1.29 is 9.59 Å². The Morgan fingerprint density at radius 3 is 2.43 bits per heavy atom. The van der Waals surface area contributed by atoms with Crippen molar-refractivity contribution in [3.63, 3.8) is 0 Å².